The van der Waals surface area contributed by atoms with Crippen molar-refractivity contribution >= 4 is 55.0 Å². The number of nitrogens with one attached hydrogen (secondary N) is 1. The lowest BCUT2D eigenvalue weighted by Gasteiger charge is -2.12. The molecule has 1 amide bonds. The van der Waals surface area contributed by atoms with Gasteiger partial charge < -0.3 is 14.8 Å². The average molecular weight is 553 g/mol. The van der Waals surface area contributed by atoms with Gasteiger partial charge in [-0.2, -0.15) is 0 Å². The summed E-state index contributed by atoms with van der Waals surface area (Å²) in [7, 11) is 1.33. The number of rotatable bonds is 7. The molecule has 0 radical (unpaired) electrons. The lowest BCUT2D eigenvalue weighted by molar-refractivity contribution is 0.0602. The summed E-state index contributed by atoms with van der Waals surface area (Å²) in [5.74, 6) is 0.164. The van der Waals surface area contributed by atoms with Gasteiger partial charge in [0.05, 0.1) is 36.1 Å². The van der Waals surface area contributed by atoms with Gasteiger partial charge in [0.1, 0.15) is 10.8 Å². The molecule has 180 valence electrons. The van der Waals surface area contributed by atoms with Gasteiger partial charge >= 0.3 is 5.97 Å². The summed E-state index contributed by atoms with van der Waals surface area (Å²) in [6, 6.07) is 16.8. The molecular weight excluding hydrogens is 528 g/mol. The number of pyridine rings is 1. The highest BCUT2D eigenvalue weighted by Gasteiger charge is 2.22. The van der Waals surface area contributed by atoms with E-state index in [0.717, 1.165) is 20.7 Å². The first kappa shape index (κ1) is 24.9. The zero-order valence-electron chi connectivity index (χ0n) is 19.8. The van der Waals surface area contributed by atoms with Crippen LogP contribution in [-0.2, 0) is 4.74 Å². The van der Waals surface area contributed by atoms with E-state index in [4.69, 9.17) is 14.5 Å². The molecule has 8 heteroatoms. The number of hydrogen-bond acceptors (Lipinski definition) is 6. The molecule has 2 aromatic carbocycles. The summed E-state index contributed by atoms with van der Waals surface area (Å²) in [5.41, 5.74) is 3.01. The molecule has 6 nitrogen and oxygen atoms in total. The molecule has 0 aliphatic carbocycles. The third-order valence-corrected chi connectivity index (χ3v) is 7.27. The number of halogens is 1. The van der Waals surface area contributed by atoms with E-state index in [0.29, 0.717) is 39.3 Å². The summed E-state index contributed by atoms with van der Waals surface area (Å²) in [6.07, 6.45) is 0. The molecule has 4 rings (SSSR count). The summed E-state index contributed by atoms with van der Waals surface area (Å²) >= 11 is 4.87. The number of esters is 1. The van der Waals surface area contributed by atoms with Crippen molar-refractivity contribution in [3.63, 3.8) is 0 Å². The summed E-state index contributed by atoms with van der Waals surface area (Å²) in [5, 5.41) is 4.12. The standard InChI is InChI=1S/C27H25BrN2O4S/c1-5-34-18-9-6-16(7-10-18)23-13-20(19-12-17(28)8-11-22(19)29-23)25(31)30-26-21(27(32)33-4)14-24(35-26)15(2)3/h6-15H,5H2,1-4H3,(H,30,31). The second-order valence-electron chi connectivity index (χ2n) is 8.17. The van der Waals surface area contributed by atoms with Crippen LogP contribution in [0.15, 0.2) is 59.1 Å². The predicted octanol–water partition coefficient (Wildman–Crippen LogP) is 7.29. The number of carbonyl (C=O) groups is 2. The third kappa shape index (κ3) is 5.39. The van der Waals surface area contributed by atoms with Crippen LogP contribution in [0.1, 0.15) is 52.3 Å². The van der Waals surface area contributed by atoms with Crippen molar-refractivity contribution in [1.29, 1.82) is 0 Å². The van der Waals surface area contributed by atoms with E-state index in [2.05, 4.69) is 21.2 Å². The summed E-state index contributed by atoms with van der Waals surface area (Å²) in [4.78, 5) is 31.7. The third-order valence-electron chi connectivity index (χ3n) is 5.43. The smallest absolute Gasteiger partial charge is 0.340 e. The van der Waals surface area contributed by atoms with Crippen LogP contribution < -0.4 is 10.1 Å². The Kier molecular flexibility index (Phi) is 7.52. The number of amides is 1. The van der Waals surface area contributed by atoms with Crippen LogP contribution in [-0.4, -0.2) is 30.6 Å². The molecule has 0 unspecified atom stereocenters. The van der Waals surface area contributed by atoms with Crippen molar-refractivity contribution in [3.05, 3.63) is 75.1 Å². The number of benzene rings is 2. The van der Waals surface area contributed by atoms with Gasteiger partial charge in [0.15, 0.2) is 0 Å². The van der Waals surface area contributed by atoms with Gasteiger partial charge in [-0.1, -0.05) is 29.8 Å². The molecule has 0 bridgehead atoms. The highest BCUT2D eigenvalue weighted by atomic mass is 79.9. The average Bonchev–Trinajstić information content (AvgIpc) is 3.27. The highest BCUT2D eigenvalue weighted by molar-refractivity contribution is 9.10. The van der Waals surface area contributed by atoms with Crippen molar-refractivity contribution in [3.8, 4) is 17.0 Å². The Morgan fingerprint density at radius 3 is 2.46 bits per heavy atom. The number of nitrogens with zero attached hydrogens (tertiary/aromatic N) is 1. The molecule has 0 spiro atoms. The molecule has 2 heterocycles. The molecule has 0 atom stereocenters. The van der Waals surface area contributed by atoms with Gasteiger partial charge in [-0.3, -0.25) is 4.79 Å². The van der Waals surface area contributed by atoms with E-state index in [-0.39, 0.29) is 11.8 Å². The summed E-state index contributed by atoms with van der Waals surface area (Å²) < 4.78 is 11.3. The number of fused-ring (bicyclic) bond motifs is 1. The van der Waals surface area contributed by atoms with Crippen molar-refractivity contribution in [1.82, 2.24) is 4.98 Å². The van der Waals surface area contributed by atoms with E-state index < -0.39 is 5.97 Å². The minimum atomic E-state index is -0.485. The molecule has 0 saturated heterocycles. The number of ether oxygens (including phenoxy) is 2. The highest BCUT2D eigenvalue weighted by Crippen LogP contribution is 2.35. The van der Waals surface area contributed by atoms with E-state index >= 15 is 0 Å². The van der Waals surface area contributed by atoms with E-state index in [1.807, 2.05) is 63.2 Å². The van der Waals surface area contributed by atoms with E-state index in [9.17, 15) is 9.59 Å². The normalized spacial score (nSPS) is 11.0. The van der Waals surface area contributed by atoms with Crippen LogP contribution in [0.25, 0.3) is 22.2 Å². The molecule has 0 fully saturated rings. The lowest BCUT2D eigenvalue weighted by atomic mass is 10.0. The lowest BCUT2D eigenvalue weighted by Crippen LogP contribution is -2.14. The van der Waals surface area contributed by atoms with Crippen LogP contribution in [0.3, 0.4) is 0 Å². The predicted molar refractivity (Wildman–Crippen MR) is 144 cm³/mol. The fraction of sp³-hybridized carbons (Fsp3) is 0.222. The maximum atomic E-state index is 13.6. The second kappa shape index (κ2) is 10.6. The van der Waals surface area contributed by atoms with Crippen LogP contribution in [0.2, 0.25) is 0 Å². The van der Waals surface area contributed by atoms with Gasteiger partial charge in [0.25, 0.3) is 5.91 Å². The number of hydrogen-bond donors (Lipinski definition) is 1. The molecule has 1 N–H and O–H groups in total. The van der Waals surface area contributed by atoms with E-state index in [1.54, 1.807) is 12.1 Å². The largest absolute Gasteiger partial charge is 0.494 e. The van der Waals surface area contributed by atoms with Crippen molar-refractivity contribution < 1.29 is 19.1 Å². The van der Waals surface area contributed by atoms with Gasteiger partial charge in [-0.15, -0.1) is 11.3 Å². The first-order valence-electron chi connectivity index (χ1n) is 11.2. The molecule has 35 heavy (non-hydrogen) atoms. The van der Waals surface area contributed by atoms with Crippen LogP contribution >= 0.6 is 27.3 Å². The number of thiophene rings is 1. The van der Waals surface area contributed by atoms with E-state index in [1.165, 1.54) is 18.4 Å². The Labute approximate surface area is 216 Å². The maximum Gasteiger partial charge on any atom is 0.340 e. The van der Waals surface area contributed by atoms with Crippen molar-refractivity contribution in [2.24, 2.45) is 0 Å². The minimum Gasteiger partial charge on any atom is -0.494 e. The number of carbonyl (C=O) groups excluding carboxylic acids is 2. The fourth-order valence-corrected chi connectivity index (χ4v) is 5.05. The molecule has 4 aromatic rings. The Balaban J connectivity index is 1.78. The van der Waals surface area contributed by atoms with Gasteiger partial charge in [-0.25, -0.2) is 9.78 Å². The Hall–Kier alpha value is -3.23. The zero-order valence-corrected chi connectivity index (χ0v) is 22.2. The number of methoxy groups -OCH3 is 1. The number of anilines is 1. The Morgan fingerprint density at radius 1 is 1.06 bits per heavy atom. The van der Waals surface area contributed by atoms with Crippen LogP contribution in [0.5, 0.6) is 5.75 Å². The molecular formula is C27H25BrN2O4S. The van der Waals surface area contributed by atoms with Crippen LogP contribution in [0, 0.1) is 0 Å². The molecule has 0 saturated carbocycles. The molecule has 2 aromatic heterocycles. The topological polar surface area (TPSA) is 77.5 Å². The Bertz CT molecular complexity index is 1400. The van der Waals surface area contributed by atoms with Gasteiger partial charge in [0.2, 0.25) is 0 Å². The summed E-state index contributed by atoms with van der Waals surface area (Å²) in [6.45, 7) is 6.59. The number of aromatic nitrogens is 1. The second-order valence-corrected chi connectivity index (χ2v) is 10.2. The van der Waals surface area contributed by atoms with Crippen molar-refractivity contribution in [2.45, 2.75) is 26.7 Å². The SMILES string of the molecule is CCOc1ccc(-c2cc(C(=O)Nc3sc(C(C)C)cc3C(=O)OC)c3cc(Br)ccc3n2)cc1. The van der Waals surface area contributed by atoms with Crippen molar-refractivity contribution in [2.75, 3.05) is 19.0 Å². The Morgan fingerprint density at radius 2 is 1.80 bits per heavy atom. The zero-order chi connectivity index (χ0) is 25.1. The first-order valence-corrected chi connectivity index (χ1v) is 12.8. The minimum absolute atomic E-state index is 0.207. The molecule has 0 aliphatic rings. The monoisotopic (exact) mass is 552 g/mol. The molecule has 0 aliphatic heterocycles. The maximum absolute atomic E-state index is 13.6. The first-order chi connectivity index (χ1) is 16.8. The van der Waals surface area contributed by atoms with Crippen LogP contribution in [0.4, 0.5) is 5.00 Å². The quantitative estimate of drug-likeness (QED) is 0.243. The van der Waals surface area contributed by atoms with Gasteiger partial charge in [0, 0.05) is 20.3 Å². The fourth-order valence-electron chi connectivity index (χ4n) is 3.64. The van der Waals surface area contributed by atoms with Gasteiger partial charge in [-0.05, 0) is 67.4 Å².